The Morgan fingerprint density at radius 3 is 2.67 bits per heavy atom. The van der Waals surface area contributed by atoms with Gasteiger partial charge in [0.1, 0.15) is 6.04 Å². The van der Waals surface area contributed by atoms with Crippen LogP contribution in [0.3, 0.4) is 0 Å². The highest BCUT2D eigenvalue weighted by Crippen LogP contribution is 2.26. The minimum absolute atomic E-state index is 0.247. The molecule has 1 amide bonds. The van der Waals surface area contributed by atoms with Crippen molar-refractivity contribution in [3.8, 4) is 0 Å². The molecule has 0 saturated carbocycles. The lowest BCUT2D eigenvalue weighted by Crippen LogP contribution is -2.41. The third-order valence-electron chi connectivity index (χ3n) is 2.67. The molecule has 0 fully saturated rings. The van der Waals surface area contributed by atoms with Crippen LogP contribution in [0, 0.1) is 0 Å². The molecule has 1 rings (SSSR count). The third-order valence-corrected chi connectivity index (χ3v) is 4.83. The van der Waals surface area contributed by atoms with Crippen molar-refractivity contribution < 1.29 is 14.7 Å². The highest BCUT2D eigenvalue weighted by atomic mass is 35.5. The minimum Gasteiger partial charge on any atom is -0.480 e. The first-order valence-corrected chi connectivity index (χ1v) is 9.18. The fraction of sp³-hybridized carbons (Fsp3) is 0.429. The molecule has 0 aliphatic rings. The van der Waals surface area contributed by atoms with Crippen LogP contribution in [0.1, 0.15) is 12.8 Å². The van der Waals surface area contributed by atoms with Gasteiger partial charge in [-0.05, 0) is 30.6 Å². The van der Waals surface area contributed by atoms with E-state index in [1.54, 1.807) is 17.8 Å². The molecule has 116 valence electrons. The number of hydrogen-bond acceptors (Lipinski definition) is 4. The zero-order chi connectivity index (χ0) is 15.7. The molecule has 4 nitrogen and oxygen atoms in total. The van der Waals surface area contributed by atoms with E-state index in [4.69, 9.17) is 16.7 Å². The first-order chi connectivity index (χ1) is 10.0. The monoisotopic (exact) mass is 347 g/mol. The smallest absolute Gasteiger partial charge is 0.326 e. The normalized spacial score (nSPS) is 11.9. The summed E-state index contributed by atoms with van der Waals surface area (Å²) in [4.78, 5) is 23.7. The average molecular weight is 348 g/mol. The molecule has 1 aromatic carbocycles. The molecule has 1 aromatic rings. The highest BCUT2D eigenvalue weighted by Gasteiger charge is 2.19. The Kier molecular flexibility index (Phi) is 8.64. The van der Waals surface area contributed by atoms with Gasteiger partial charge >= 0.3 is 5.97 Å². The molecule has 0 aliphatic carbocycles. The molecule has 0 heterocycles. The quantitative estimate of drug-likeness (QED) is 0.672. The van der Waals surface area contributed by atoms with E-state index in [2.05, 4.69) is 5.32 Å². The minimum atomic E-state index is -0.990. The molecule has 0 bridgehead atoms. The number of nitrogens with one attached hydrogen (secondary N) is 1. The number of carbonyl (C=O) groups excluding carboxylic acids is 1. The van der Waals surface area contributed by atoms with Gasteiger partial charge in [0, 0.05) is 17.1 Å². The van der Waals surface area contributed by atoms with Crippen molar-refractivity contribution in [2.45, 2.75) is 23.8 Å². The molecule has 0 spiro atoms. The SMILES string of the molecule is CSCC[C@H](NC(=O)CCSc1ccccc1Cl)C(=O)O. The third kappa shape index (κ3) is 7.11. The summed E-state index contributed by atoms with van der Waals surface area (Å²) in [5.41, 5.74) is 0. The van der Waals surface area contributed by atoms with Gasteiger partial charge in [0.05, 0.1) is 5.02 Å². The summed E-state index contributed by atoms with van der Waals surface area (Å²) in [5.74, 6) is 0.0231. The molecule has 1 atom stereocenters. The highest BCUT2D eigenvalue weighted by molar-refractivity contribution is 7.99. The number of carbonyl (C=O) groups is 2. The Morgan fingerprint density at radius 2 is 2.05 bits per heavy atom. The second-order valence-electron chi connectivity index (χ2n) is 4.27. The van der Waals surface area contributed by atoms with Gasteiger partial charge < -0.3 is 10.4 Å². The van der Waals surface area contributed by atoms with Gasteiger partial charge in [-0.2, -0.15) is 11.8 Å². The molecule has 0 aromatic heterocycles. The molecule has 7 heteroatoms. The van der Waals surface area contributed by atoms with Crippen LogP contribution >= 0.6 is 35.1 Å². The standard InChI is InChI=1S/C14H18ClNO3S2/c1-20-8-6-11(14(18)19)16-13(17)7-9-21-12-5-3-2-4-10(12)15/h2-5,11H,6-9H2,1H3,(H,16,17)(H,18,19)/t11-/m0/s1. The molecule has 0 saturated heterocycles. The maximum Gasteiger partial charge on any atom is 0.326 e. The van der Waals surface area contributed by atoms with Gasteiger partial charge in [-0.15, -0.1) is 11.8 Å². The summed E-state index contributed by atoms with van der Waals surface area (Å²) in [6.07, 6.45) is 2.60. The average Bonchev–Trinajstić information content (AvgIpc) is 2.45. The van der Waals surface area contributed by atoms with Crippen LogP contribution in [0.25, 0.3) is 0 Å². The number of amides is 1. The number of benzene rings is 1. The Labute approximate surface area is 138 Å². The topological polar surface area (TPSA) is 66.4 Å². The molecular weight excluding hydrogens is 330 g/mol. The largest absolute Gasteiger partial charge is 0.480 e. The maximum absolute atomic E-state index is 11.8. The van der Waals surface area contributed by atoms with Crippen LogP contribution < -0.4 is 5.32 Å². The number of aliphatic carboxylic acids is 1. The van der Waals surface area contributed by atoms with Gasteiger partial charge in [0.15, 0.2) is 0 Å². The fourth-order valence-electron chi connectivity index (χ4n) is 1.58. The molecule has 0 radical (unpaired) electrons. The maximum atomic E-state index is 11.8. The summed E-state index contributed by atoms with van der Waals surface area (Å²) in [6.45, 7) is 0. The van der Waals surface area contributed by atoms with Gasteiger partial charge in [0.25, 0.3) is 0 Å². The predicted molar refractivity (Wildman–Crippen MR) is 89.4 cm³/mol. The van der Waals surface area contributed by atoms with Crippen LogP contribution in [-0.4, -0.2) is 40.8 Å². The second-order valence-corrected chi connectivity index (χ2v) is 6.80. The van der Waals surface area contributed by atoms with Crippen molar-refractivity contribution >= 4 is 47.0 Å². The summed E-state index contributed by atoms with van der Waals surface area (Å²) >= 11 is 9.06. The van der Waals surface area contributed by atoms with Crippen LogP contribution in [0.15, 0.2) is 29.2 Å². The lowest BCUT2D eigenvalue weighted by Gasteiger charge is -2.13. The van der Waals surface area contributed by atoms with Crippen molar-refractivity contribution in [3.05, 3.63) is 29.3 Å². The molecule has 21 heavy (non-hydrogen) atoms. The Bertz CT molecular complexity index is 485. The molecule has 2 N–H and O–H groups in total. The summed E-state index contributed by atoms with van der Waals surface area (Å²) < 4.78 is 0. The number of carboxylic acids is 1. The van der Waals surface area contributed by atoms with Crippen LogP contribution in [-0.2, 0) is 9.59 Å². The second kappa shape index (κ2) is 9.97. The van der Waals surface area contributed by atoms with E-state index >= 15 is 0 Å². The van der Waals surface area contributed by atoms with Gasteiger partial charge in [-0.25, -0.2) is 4.79 Å². The Morgan fingerprint density at radius 1 is 1.33 bits per heavy atom. The fourth-order valence-corrected chi connectivity index (χ4v) is 3.23. The van der Waals surface area contributed by atoms with Crippen molar-refractivity contribution in [1.29, 1.82) is 0 Å². The van der Waals surface area contributed by atoms with Gasteiger partial charge in [0.2, 0.25) is 5.91 Å². The number of carboxylic acid groups (broad SMARTS) is 1. The predicted octanol–water partition coefficient (Wildman–Crippen LogP) is 3.14. The Balaban J connectivity index is 2.36. The lowest BCUT2D eigenvalue weighted by atomic mass is 10.2. The summed E-state index contributed by atoms with van der Waals surface area (Å²) in [5, 5.41) is 12.3. The molecule has 0 unspecified atom stereocenters. The van der Waals surface area contributed by atoms with E-state index in [0.717, 1.165) is 4.90 Å². The van der Waals surface area contributed by atoms with Gasteiger partial charge in [-0.1, -0.05) is 23.7 Å². The van der Waals surface area contributed by atoms with Crippen molar-refractivity contribution in [2.75, 3.05) is 17.8 Å². The summed E-state index contributed by atoms with van der Waals surface area (Å²) in [6, 6.07) is 6.62. The molecular formula is C14H18ClNO3S2. The van der Waals surface area contributed by atoms with Gasteiger partial charge in [-0.3, -0.25) is 4.79 Å². The van der Waals surface area contributed by atoms with E-state index in [-0.39, 0.29) is 12.3 Å². The number of thioether (sulfide) groups is 2. The van der Waals surface area contributed by atoms with Crippen LogP contribution in [0.4, 0.5) is 0 Å². The first-order valence-electron chi connectivity index (χ1n) is 6.43. The zero-order valence-corrected chi connectivity index (χ0v) is 14.1. The van der Waals surface area contributed by atoms with E-state index < -0.39 is 12.0 Å². The lowest BCUT2D eigenvalue weighted by molar-refractivity contribution is -0.141. The first kappa shape index (κ1) is 18.2. The van der Waals surface area contributed by atoms with Crippen LogP contribution in [0.2, 0.25) is 5.02 Å². The number of halogens is 1. The number of rotatable bonds is 9. The van der Waals surface area contributed by atoms with Crippen molar-refractivity contribution in [1.82, 2.24) is 5.32 Å². The van der Waals surface area contributed by atoms with Crippen LogP contribution in [0.5, 0.6) is 0 Å². The van der Waals surface area contributed by atoms with Crippen molar-refractivity contribution in [3.63, 3.8) is 0 Å². The molecule has 0 aliphatic heterocycles. The van der Waals surface area contributed by atoms with E-state index in [9.17, 15) is 9.59 Å². The zero-order valence-electron chi connectivity index (χ0n) is 11.7. The van der Waals surface area contributed by atoms with E-state index in [0.29, 0.717) is 22.9 Å². The Hall–Kier alpha value is -0.850. The van der Waals surface area contributed by atoms with E-state index in [1.807, 2.05) is 24.5 Å². The number of hydrogen-bond donors (Lipinski definition) is 2. The summed E-state index contributed by atoms with van der Waals surface area (Å²) in [7, 11) is 0. The van der Waals surface area contributed by atoms with E-state index in [1.165, 1.54) is 11.8 Å². The van der Waals surface area contributed by atoms with Crippen molar-refractivity contribution in [2.24, 2.45) is 0 Å².